The van der Waals surface area contributed by atoms with E-state index in [1.165, 1.54) is 6.33 Å². The Balaban J connectivity index is 2.11. The zero-order chi connectivity index (χ0) is 11.0. The predicted octanol–water partition coefficient (Wildman–Crippen LogP) is 1.68. The molecular formula is C11H7N3O2. The van der Waals surface area contributed by atoms with Crippen LogP contribution in [0.4, 0.5) is 0 Å². The number of rotatable bonds is 1. The summed E-state index contributed by atoms with van der Waals surface area (Å²) in [6, 6.07) is 7.54. The highest BCUT2D eigenvalue weighted by atomic mass is 16.7. The number of fused-ring (bicyclic) bond motifs is 1. The topological polar surface area (TPSA) is 70.9 Å². The van der Waals surface area contributed by atoms with E-state index in [-0.39, 0.29) is 6.79 Å². The maximum Gasteiger partial charge on any atom is 0.231 e. The van der Waals surface area contributed by atoms with Crippen molar-refractivity contribution >= 4 is 0 Å². The summed E-state index contributed by atoms with van der Waals surface area (Å²) in [5.41, 5.74) is 1.93. The lowest BCUT2D eigenvalue weighted by molar-refractivity contribution is 0.174. The Hall–Kier alpha value is -2.48. The van der Waals surface area contributed by atoms with E-state index in [0.717, 1.165) is 11.3 Å². The van der Waals surface area contributed by atoms with E-state index < -0.39 is 0 Å². The van der Waals surface area contributed by atoms with Gasteiger partial charge in [0, 0.05) is 5.56 Å². The Morgan fingerprint density at radius 2 is 2.19 bits per heavy atom. The van der Waals surface area contributed by atoms with Gasteiger partial charge in [0.1, 0.15) is 6.07 Å². The Morgan fingerprint density at radius 3 is 3.06 bits per heavy atom. The summed E-state index contributed by atoms with van der Waals surface area (Å²) < 4.78 is 10.5. The van der Waals surface area contributed by atoms with Gasteiger partial charge in [-0.25, -0.2) is 4.98 Å². The summed E-state index contributed by atoms with van der Waals surface area (Å²) in [6.45, 7) is 0.243. The van der Waals surface area contributed by atoms with E-state index in [0.29, 0.717) is 17.1 Å². The first kappa shape index (κ1) is 8.80. The van der Waals surface area contributed by atoms with Gasteiger partial charge in [-0.3, -0.25) is 0 Å². The van der Waals surface area contributed by atoms with Crippen molar-refractivity contribution in [3.8, 4) is 28.8 Å². The van der Waals surface area contributed by atoms with Crippen molar-refractivity contribution < 1.29 is 9.47 Å². The molecule has 3 rings (SSSR count). The van der Waals surface area contributed by atoms with Crippen LogP contribution in [0.15, 0.2) is 24.5 Å². The van der Waals surface area contributed by atoms with Gasteiger partial charge in [-0.15, -0.1) is 0 Å². The van der Waals surface area contributed by atoms with E-state index in [2.05, 4.69) is 9.97 Å². The molecule has 2 aromatic rings. The van der Waals surface area contributed by atoms with Gasteiger partial charge < -0.3 is 14.5 Å². The molecule has 0 amide bonds. The molecule has 1 N–H and O–H groups in total. The second kappa shape index (κ2) is 3.28. The Bertz CT molecular complexity index is 583. The molecule has 2 heterocycles. The van der Waals surface area contributed by atoms with Gasteiger partial charge in [-0.05, 0) is 18.2 Å². The summed E-state index contributed by atoms with van der Waals surface area (Å²) in [6.07, 6.45) is 1.50. The normalized spacial score (nSPS) is 12.4. The molecule has 1 aromatic carbocycles. The molecule has 0 fully saturated rings. The average Bonchev–Trinajstić information content (AvgIpc) is 2.96. The lowest BCUT2D eigenvalue weighted by atomic mass is 10.1. The number of benzene rings is 1. The maximum absolute atomic E-state index is 8.87. The van der Waals surface area contributed by atoms with Gasteiger partial charge >= 0.3 is 0 Å². The van der Waals surface area contributed by atoms with Gasteiger partial charge in [-0.1, -0.05) is 0 Å². The minimum Gasteiger partial charge on any atom is -0.454 e. The second-order valence-electron chi connectivity index (χ2n) is 3.31. The van der Waals surface area contributed by atoms with E-state index >= 15 is 0 Å². The number of hydrogen-bond donors (Lipinski definition) is 1. The Kier molecular flexibility index (Phi) is 1.80. The molecule has 1 aromatic heterocycles. The molecular weight excluding hydrogens is 206 g/mol. The summed E-state index contributed by atoms with van der Waals surface area (Å²) in [5, 5.41) is 8.87. The summed E-state index contributed by atoms with van der Waals surface area (Å²) >= 11 is 0. The quantitative estimate of drug-likeness (QED) is 0.782. The highest BCUT2D eigenvalue weighted by Crippen LogP contribution is 2.35. The summed E-state index contributed by atoms with van der Waals surface area (Å²) in [7, 11) is 0. The average molecular weight is 213 g/mol. The van der Waals surface area contributed by atoms with E-state index in [4.69, 9.17) is 14.7 Å². The van der Waals surface area contributed by atoms with E-state index in [1.807, 2.05) is 24.3 Å². The van der Waals surface area contributed by atoms with Crippen molar-refractivity contribution in [3.63, 3.8) is 0 Å². The van der Waals surface area contributed by atoms with Crippen molar-refractivity contribution in [2.75, 3.05) is 6.79 Å². The highest BCUT2D eigenvalue weighted by Gasteiger charge is 2.15. The largest absolute Gasteiger partial charge is 0.454 e. The van der Waals surface area contributed by atoms with Crippen molar-refractivity contribution in [3.05, 3.63) is 30.2 Å². The van der Waals surface area contributed by atoms with Crippen LogP contribution in [-0.2, 0) is 0 Å². The molecule has 0 aliphatic carbocycles. The Labute approximate surface area is 91.3 Å². The first-order chi connectivity index (χ1) is 7.88. The SMILES string of the molecule is N#Cc1nc[nH]c1-c1ccc2c(c1)OCO2. The molecule has 5 heteroatoms. The minimum absolute atomic E-state index is 0.243. The maximum atomic E-state index is 8.87. The second-order valence-corrected chi connectivity index (χ2v) is 3.31. The Morgan fingerprint density at radius 1 is 1.31 bits per heavy atom. The first-order valence-corrected chi connectivity index (χ1v) is 4.72. The zero-order valence-electron chi connectivity index (χ0n) is 8.23. The van der Waals surface area contributed by atoms with Crippen LogP contribution in [0.1, 0.15) is 5.69 Å². The monoisotopic (exact) mass is 213 g/mol. The van der Waals surface area contributed by atoms with Crippen LogP contribution in [0.3, 0.4) is 0 Å². The van der Waals surface area contributed by atoms with Gasteiger partial charge in [0.05, 0.1) is 12.0 Å². The number of nitrogens with one attached hydrogen (secondary N) is 1. The molecule has 78 valence electrons. The number of hydrogen-bond acceptors (Lipinski definition) is 4. The highest BCUT2D eigenvalue weighted by molar-refractivity contribution is 5.68. The predicted molar refractivity (Wildman–Crippen MR) is 54.9 cm³/mol. The van der Waals surface area contributed by atoms with Gasteiger partial charge in [0.15, 0.2) is 17.2 Å². The van der Waals surface area contributed by atoms with Crippen LogP contribution in [0.25, 0.3) is 11.3 Å². The molecule has 5 nitrogen and oxygen atoms in total. The molecule has 0 bridgehead atoms. The van der Waals surface area contributed by atoms with Crippen molar-refractivity contribution in [1.82, 2.24) is 9.97 Å². The number of H-pyrrole nitrogens is 1. The standard InChI is InChI=1S/C11H7N3O2/c12-4-8-11(14-5-13-8)7-1-2-9-10(3-7)16-6-15-9/h1-3,5H,6H2,(H,13,14). The van der Waals surface area contributed by atoms with Crippen molar-refractivity contribution in [2.45, 2.75) is 0 Å². The van der Waals surface area contributed by atoms with E-state index in [9.17, 15) is 0 Å². The fourth-order valence-corrected chi connectivity index (χ4v) is 1.65. The molecule has 0 atom stereocenters. The number of imidazole rings is 1. The molecule has 0 saturated carbocycles. The molecule has 1 aliphatic heterocycles. The van der Waals surface area contributed by atoms with Gasteiger partial charge in [0.2, 0.25) is 6.79 Å². The zero-order valence-corrected chi connectivity index (χ0v) is 8.23. The molecule has 16 heavy (non-hydrogen) atoms. The van der Waals surface area contributed by atoms with Gasteiger partial charge in [-0.2, -0.15) is 5.26 Å². The smallest absolute Gasteiger partial charge is 0.231 e. The number of nitrogens with zero attached hydrogens (tertiary/aromatic N) is 2. The van der Waals surface area contributed by atoms with Crippen molar-refractivity contribution in [2.24, 2.45) is 0 Å². The van der Waals surface area contributed by atoms with Crippen LogP contribution < -0.4 is 9.47 Å². The fraction of sp³-hybridized carbons (Fsp3) is 0.0909. The third-order valence-electron chi connectivity index (χ3n) is 2.41. The molecule has 0 saturated heterocycles. The van der Waals surface area contributed by atoms with Crippen LogP contribution in [0.5, 0.6) is 11.5 Å². The van der Waals surface area contributed by atoms with Gasteiger partial charge in [0.25, 0.3) is 0 Å². The lowest BCUT2D eigenvalue weighted by Gasteiger charge is -2.00. The van der Waals surface area contributed by atoms with E-state index in [1.54, 1.807) is 0 Å². The lowest BCUT2D eigenvalue weighted by Crippen LogP contribution is -1.92. The minimum atomic E-state index is 0.243. The first-order valence-electron chi connectivity index (χ1n) is 4.72. The van der Waals surface area contributed by atoms with Crippen LogP contribution in [0.2, 0.25) is 0 Å². The van der Waals surface area contributed by atoms with Crippen LogP contribution in [-0.4, -0.2) is 16.8 Å². The molecule has 0 unspecified atom stereocenters. The number of nitriles is 1. The number of aromatic amines is 1. The number of aromatic nitrogens is 2. The summed E-state index contributed by atoms with van der Waals surface area (Å²) in [4.78, 5) is 6.85. The number of ether oxygens (including phenoxy) is 2. The third kappa shape index (κ3) is 1.21. The summed E-state index contributed by atoms with van der Waals surface area (Å²) in [5.74, 6) is 1.41. The molecule has 0 spiro atoms. The van der Waals surface area contributed by atoms with Crippen molar-refractivity contribution in [1.29, 1.82) is 5.26 Å². The molecule has 0 radical (unpaired) electrons. The third-order valence-corrected chi connectivity index (χ3v) is 2.41. The molecule has 1 aliphatic rings. The van der Waals surface area contributed by atoms with Crippen LogP contribution >= 0.6 is 0 Å². The van der Waals surface area contributed by atoms with Crippen LogP contribution in [0, 0.1) is 11.3 Å². The fourth-order valence-electron chi connectivity index (χ4n) is 1.65.